The summed E-state index contributed by atoms with van der Waals surface area (Å²) in [5.74, 6) is 0.646. The highest BCUT2D eigenvalue weighted by Crippen LogP contribution is 2.26. The Morgan fingerprint density at radius 2 is 2.12 bits per heavy atom. The zero-order valence-electron chi connectivity index (χ0n) is 10.7. The second-order valence-corrected chi connectivity index (χ2v) is 5.12. The first-order valence-corrected chi connectivity index (χ1v) is 6.43. The predicted octanol–water partition coefficient (Wildman–Crippen LogP) is 2.18. The molecule has 0 aliphatic heterocycles. The highest BCUT2D eigenvalue weighted by Gasteiger charge is 2.21. The van der Waals surface area contributed by atoms with Crippen LogP contribution in [0.2, 0.25) is 0 Å². The van der Waals surface area contributed by atoms with Gasteiger partial charge in [0.25, 0.3) is 0 Å². The van der Waals surface area contributed by atoms with Crippen molar-refractivity contribution in [3.63, 3.8) is 0 Å². The summed E-state index contributed by atoms with van der Waals surface area (Å²) < 4.78 is 2.41. The van der Waals surface area contributed by atoms with Crippen LogP contribution in [0.3, 0.4) is 0 Å². The molecule has 1 aliphatic rings. The molecule has 1 heterocycles. The van der Waals surface area contributed by atoms with Crippen LogP contribution in [0.1, 0.15) is 44.1 Å². The van der Waals surface area contributed by atoms with Crippen LogP contribution in [0.25, 0.3) is 0 Å². The fourth-order valence-corrected chi connectivity index (χ4v) is 2.64. The van der Waals surface area contributed by atoms with Crippen molar-refractivity contribution >= 4 is 0 Å². The van der Waals surface area contributed by atoms with E-state index in [2.05, 4.69) is 35.0 Å². The van der Waals surface area contributed by atoms with Crippen molar-refractivity contribution in [2.75, 3.05) is 13.6 Å². The minimum absolute atomic E-state index is 0.541. The average molecular weight is 221 g/mol. The molecule has 0 radical (unpaired) electrons. The van der Waals surface area contributed by atoms with Crippen molar-refractivity contribution < 1.29 is 0 Å². The zero-order chi connectivity index (χ0) is 11.5. The lowest BCUT2D eigenvalue weighted by Crippen LogP contribution is -2.27. The Bertz CT molecular complexity index is 341. The van der Waals surface area contributed by atoms with E-state index in [4.69, 9.17) is 0 Å². The molecular weight excluding hydrogens is 198 g/mol. The van der Waals surface area contributed by atoms with Gasteiger partial charge in [-0.05, 0) is 38.6 Å². The molecule has 3 nitrogen and oxygen atoms in total. The fourth-order valence-electron chi connectivity index (χ4n) is 2.64. The first-order chi connectivity index (χ1) is 7.74. The Balaban J connectivity index is 2.26. The number of hydrogen-bond acceptors (Lipinski definition) is 2. The molecule has 16 heavy (non-hydrogen) atoms. The minimum atomic E-state index is 0.541. The molecule has 2 rings (SSSR count). The quantitative estimate of drug-likeness (QED) is 0.844. The van der Waals surface area contributed by atoms with Gasteiger partial charge in [-0.1, -0.05) is 13.8 Å². The van der Waals surface area contributed by atoms with Crippen molar-refractivity contribution in [3.8, 4) is 0 Å². The number of nitrogens with zero attached hydrogens (tertiary/aromatic N) is 2. The van der Waals surface area contributed by atoms with E-state index in [0.717, 1.165) is 6.54 Å². The van der Waals surface area contributed by atoms with Crippen LogP contribution >= 0.6 is 0 Å². The molecule has 90 valence electrons. The number of aromatic nitrogens is 2. The van der Waals surface area contributed by atoms with Crippen LogP contribution in [0, 0.1) is 5.92 Å². The molecular formula is C13H23N3. The van der Waals surface area contributed by atoms with Gasteiger partial charge in [-0.3, -0.25) is 0 Å². The number of likely N-dealkylation sites (N-methyl/N-ethyl adjacent to an activating group) is 1. The summed E-state index contributed by atoms with van der Waals surface area (Å²) in [6.45, 7) is 5.61. The molecule has 0 amide bonds. The van der Waals surface area contributed by atoms with E-state index in [9.17, 15) is 0 Å². The molecule has 0 saturated carbocycles. The number of fused-ring (bicyclic) bond motifs is 1. The molecule has 1 aliphatic carbocycles. The van der Waals surface area contributed by atoms with Crippen molar-refractivity contribution in [3.05, 3.63) is 17.7 Å². The number of nitrogens with one attached hydrogen (secondary N) is 1. The average Bonchev–Trinajstić information content (AvgIpc) is 2.69. The lowest BCUT2D eigenvalue weighted by molar-refractivity contribution is 0.354. The molecule has 1 aromatic rings. The molecule has 0 bridgehead atoms. The Morgan fingerprint density at radius 3 is 2.81 bits per heavy atom. The highest BCUT2D eigenvalue weighted by molar-refractivity contribution is 5.17. The van der Waals surface area contributed by atoms with Crippen LogP contribution in [0.4, 0.5) is 0 Å². The second-order valence-electron chi connectivity index (χ2n) is 5.12. The van der Waals surface area contributed by atoms with Gasteiger partial charge in [0, 0.05) is 18.3 Å². The van der Waals surface area contributed by atoms with Gasteiger partial charge in [-0.15, -0.1) is 0 Å². The Hall–Kier alpha value is -0.830. The zero-order valence-corrected chi connectivity index (χ0v) is 10.7. The van der Waals surface area contributed by atoms with Crippen LogP contribution in [-0.4, -0.2) is 23.1 Å². The third kappa shape index (κ3) is 2.14. The van der Waals surface area contributed by atoms with E-state index in [1.54, 1.807) is 0 Å². The largest absolute Gasteiger partial charge is 0.330 e. The Kier molecular flexibility index (Phi) is 3.64. The van der Waals surface area contributed by atoms with Gasteiger partial charge in [0.15, 0.2) is 0 Å². The first kappa shape index (κ1) is 11.6. The molecule has 0 aromatic carbocycles. The maximum absolute atomic E-state index is 4.58. The van der Waals surface area contributed by atoms with Gasteiger partial charge >= 0.3 is 0 Å². The maximum atomic E-state index is 4.58. The lowest BCUT2D eigenvalue weighted by atomic mass is 9.98. The van der Waals surface area contributed by atoms with Crippen molar-refractivity contribution in [2.45, 2.75) is 45.6 Å². The van der Waals surface area contributed by atoms with Gasteiger partial charge in [-0.2, -0.15) is 0 Å². The smallest absolute Gasteiger partial charge is 0.0954 e. The Labute approximate surface area is 98.3 Å². The molecule has 0 spiro atoms. The van der Waals surface area contributed by atoms with E-state index < -0.39 is 0 Å². The molecule has 1 N–H and O–H groups in total. The maximum Gasteiger partial charge on any atom is 0.0954 e. The highest BCUT2D eigenvalue weighted by atomic mass is 15.1. The van der Waals surface area contributed by atoms with Crippen molar-refractivity contribution in [1.29, 1.82) is 0 Å². The third-order valence-electron chi connectivity index (χ3n) is 3.60. The van der Waals surface area contributed by atoms with Gasteiger partial charge in [0.1, 0.15) is 0 Å². The van der Waals surface area contributed by atoms with Crippen LogP contribution < -0.4 is 5.32 Å². The summed E-state index contributed by atoms with van der Waals surface area (Å²) >= 11 is 0. The second kappa shape index (κ2) is 5.00. The van der Waals surface area contributed by atoms with E-state index >= 15 is 0 Å². The monoisotopic (exact) mass is 221 g/mol. The predicted molar refractivity (Wildman–Crippen MR) is 66.7 cm³/mol. The van der Waals surface area contributed by atoms with Crippen LogP contribution in [-0.2, 0) is 12.8 Å². The summed E-state index contributed by atoms with van der Waals surface area (Å²) in [6.07, 6.45) is 7.07. The van der Waals surface area contributed by atoms with Gasteiger partial charge < -0.3 is 9.88 Å². The number of rotatable bonds is 4. The van der Waals surface area contributed by atoms with Crippen molar-refractivity contribution in [1.82, 2.24) is 14.9 Å². The van der Waals surface area contributed by atoms with Crippen LogP contribution in [0.15, 0.2) is 6.33 Å². The third-order valence-corrected chi connectivity index (χ3v) is 3.60. The molecule has 1 unspecified atom stereocenters. The lowest BCUT2D eigenvalue weighted by Gasteiger charge is -2.25. The molecule has 0 saturated heterocycles. The van der Waals surface area contributed by atoms with Crippen LogP contribution in [0.5, 0.6) is 0 Å². The molecule has 1 aromatic heterocycles. The normalized spacial score (nSPS) is 17.5. The fraction of sp³-hybridized carbons (Fsp3) is 0.769. The molecule has 0 fully saturated rings. The summed E-state index contributed by atoms with van der Waals surface area (Å²) in [5, 5.41) is 3.30. The number of imidazole rings is 1. The first-order valence-electron chi connectivity index (χ1n) is 6.43. The summed E-state index contributed by atoms with van der Waals surface area (Å²) in [7, 11) is 2.03. The topological polar surface area (TPSA) is 29.9 Å². The van der Waals surface area contributed by atoms with Crippen molar-refractivity contribution in [2.24, 2.45) is 5.92 Å². The van der Waals surface area contributed by atoms with Gasteiger partial charge in [0.2, 0.25) is 0 Å². The SMILES string of the molecule is CNCC(C(C)C)n1cnc2c1CCCC2. The summed E-state index contributed by atoms with van der Waals surface area (Å²) in [5.41, 5.74) is 2.83. The van der Waals surface area contributed by atoms with E-state index in [1.165, 1.54) is 37.1 Å². The summed E-state index contributed by atoms with van der Waals surface area (Å²) in [6, 6.07) is 0.541. The van der Waals surface area contributed by atoms with E-state index in [1.807, 2.05) is 7.05 Å². The van der Waals surface area contributed by atoms with E-state index in [0.29, 0.717) is 12.0 Å². The Morgan fingerprint density at radius 1 is 1.38 bits per heavy atom. The van der Waals surface area contributed by atoms with Gasteiger partial charge in [0.05, 0.1) is 12.0 Å². The summed E-state index contributed by atoms with van der Waals surface area (Å²) in [4.78, 5) is 4.58. The molecule has 1 atom stereocenters. The standard InChI is InChI=1S/C13H23N3/c1-10(2)13(8-14-3)16-9-15-11-6-4-5-7-12(11)16/h9-10,13-14H,4-8H2,1-3H3. The minimum Gasteiger partial charge on any atom is -0.330 e. The van der Waals surface area contributed by atoms with E-state index in [-0.39, 0.29) is 0 Å². The van der Waals surface area contributed by atoms with Gasteiger partial charge in [-0.25, -0.2) is 4.98 Å². The number of hydrogen-bond donors (Lipinski definition) is 1. The number of aryl methyl sites for hydroxylation is 1. The molecule has 3 heteroatoms.